The van der Waals surface area contributed by atoms with Crippen LogP contribution in [-0.4, -0.2) is 37.2 Å². The molecule has 0 bridgehead atoms. The summed E-state index contributed by atoms with van der Waals surface area (Å²) in [5.41, 5.74) is 7.30. The van der Waals surface area contributed by atoms with E-state index in [1.807, 2.05) is 36.4 Å². The van der Waals surface area contributed by atoms with Crippen LogP contribution in [0.4, 0.5) is 0 Å². The Labute approximate surface area is 277 Å². The van der Waals surface area contributed by atoms with Gasteiger partial charge in [-0.3, -0.25) is 9.69 Å². The predicted molar refractivity (Wildman–Crippen MR) is 181 cm³/mol. The van der Waals surface area contributed by atoms with Gasteiger partial charge in [0, 0.05) is 27.7 Å². The first kappa shape index (κ1) is 32.0. The first-order valence-corrected chi connectivity index (χ1v) is 16.1. The van der Waals surface area contributed by atoms with E-state index < -0.39 is 0 Å². The monoisotopic (exact) mass is 693 g/mol. The lowest BCUT2D eigenvalue weighted by molar-refractivity contribution is 0.0955. The fourth-order valence-electron chi connectivity index (χ4n) is 5.29. The topological polar surface area (TPSA) is 63.2 Å². The number of piperidine rings is 1. The van der Waals surface area contributed by atoms with Gasteiger partial charge >= 0.3 is 0 Å². The van der Waals surface area contributed by atoms with Gasteiger partial charge in [-0.2, -0.15) is 5.10 Å². The second-order valence-electron chi connectivity index (χ2n) is 10.9. The molecule has 4 aromatic carbocycles. The molecule has 0 radical (unpaired) electrons. The van der Waals surface area contributed by atoms with Crippen molar-refractivity contribution in [2.75, 3.05) is 20.2 Å². The van der Waals surface area contributed by atoms with Crippen molar-refractivity contribution in [3.8, 4) is 11.5 Å². The van der Waals surface area contributed by atoms with Crippen LogP contribution in [0.3, 0.4) is 0 Å². The fraction of sp³-hybridized carbons (Fsp3) is 0.257. The number of hydrogen-bond acceptors (Lipinski definition) is 5. The molecule has 1 amide bonds. The third-order valence-corrected chi connectivity index (χ3v) is 8.89. The number of nitrogens with one attached hydrogen (secondary N) is 1. The van der Waals surface area contributed by atoms with Crippen molar-refractivity contribution < 1.29 is 14.3 Å². The number of carbonyl (C=O) groups excluding carboxylic acids is 1. The van der Waals surface area contributed by atoms with Gasteiger partial charge in [0.05, 0.1) is 17.8 Å². The minimum absolute atomic E-state index is 0.237. The summed E-state index contributed by atoms with van der Waals surface area (Å²) in [7, 11) is 1.56. The van der Waals surface area contributed by atoms with Crippen LogP contribution in [-0.2, 0) is 19.6 Å². The van der Waals surface area contributed by atoms with Crippen molar-refractivity contribution in [1.82, 2.24) is 10.3 Å². The summed E-state index contributed by atoms with van der Waals surface area (Å²) in [4.78, 5) is 15.2. The molecule has 4 aromatic rings. The minimum Gasteiger partial charge on any atom is -0.493 e. The van der Waals surface area contributed by atoms with Crippen LogP contribution < -0.4 is 14.9 Å². The Balaban J connectivity index is 1.10. The highest BCUT2D eigenvalue weighted by Crippen LogP contribution is 2.37. The Morgan fingerprint density at radius 1 is 1.00 bits per heavy atom. The molecule has 1 saturated heterocycles. The van der Waals surface area contributed by atoms with Gasteiger partial charge in [-0.05, 0) is 107 Å². The molecule has 1 fully saturated rings. The molecular formula is C35H34BrCl2N3O3. The largest absolute Gasteiger partial charge is 0.493 e. The lowest BCUT2D eigenvalue weighted by Crippen LogP contribution is -2.33. The molecule has 1 heterocycles. The van der Waals surface area contributed by atoms with E-state index in [0.29, 0.717) is 37.1 Å². The second-order valence-corrected chi connectivity index (χ2v) is 12.6. The Hall–Kier alpha value is -3.36. The molecule has 9 heteroatoms. The molecule has 0 spiro atoms. The van der Waals surface area contributed by atoms with Crippen LogP contribution in [0.15, 0.2) is 94.5 Å². The number of hydrogen-bond donors (Lipinski definition) is 1. The number of halogens is 3. The maximum Gasteiger partial charge on any atom is 0.271 e. The third kappa shape index (κ3) is 8.85. The lowest BCUT2D eigenvalue weighted by atomic mass is 9.90. The third-order valence-electron chi connectivity index (χ3n) is 7.72. The van der Waals surface area contributed by atoms with Gasteiger partial charge < -0.3 is 9.47 Å². The Kier molecular flexibility index (Phi) is 11.3. The van der Waals surface area contributed by atoms with E-state index in [1.54, 1.807) is 31.5 Å². The van der Waals surface area contributed by atoms with Crippen LogP contribution in [0.5, 0.6) is 11.5 Å². The van der Waals surface area contributed by atoms with E-state index in [4.69, 9.17) is 32.7 Å². The number of nitrogens with zero attached hydrogens (tertiary/aromatic N) is 2. The van der Waals surface area contributed by atoms with Gasteiger partial charge in [0.15, 0.2) is 11.5 Å². The number of likely N-dealkylation sites (tertiary alicyclic amines) is 1. The van der Waals surface area contributed by atoms with Crippen LogP contribution in [0.1, 0.15) is 45.5 Å². The number of methoxy groups -OCH3 is 1. The molecule has 228 valence electrons. The van der Waals surface area contributed by atoms with Gasteiger partial charge in [-0.25, -0.2) is 5.43 Å². The Morgan fingerprint density at radius 3 is 2.45 bits per heavy atom. The van der Waals surface area contributed by atoms with Crippen LogP contribution >= 0.6 is 39.1 Å². The summed E-state index contributed by atoms with van der Waals surface area (Å²) in [5.74, 6) is 1.50. The number of ether oxygens (including phenoxy) is 2. The molecular weight excluding hydrogens is 661 g/mol. The first-order chi connectivity index (χ1) is 21.4. The molecule has 1 N–H and O–H groups in total. The minimum atomic E-state index is -0.277. The standard InChI is InChI=1S/C35H34BrCl2N3O3/c1-43-33-19-27(18-31(36)34(33)44-23-29-11-12-30(37)20-32(29)38)21-39-40-35(42)28-9-7-26(8-10-28)22-41-15-13-25(14-16-41)17-24-5-3-2-4-6-24/h2-12,18-21,25H,13-17,22-23H2,1H3,(H,40,42)/b39-21-. The van der Waals surface area contributed by atoms with Crippen molar-refractivity contribution in [1.29, 1.82) is 0 Å². The highest BCUT2D eigenvalue weighted by atomic mass is 79.9. The number of benzene rings is 4. The van der Waals surface area contributed by atoms with Crippen molar-refractivity contribution in [3.63, 3.8) is 0 Å². The highest BCUT2D eigenvalue weighted by molar-refractivity contribution is 9.10. The summed E-state index contributed by atoms with van der Waals surface area (Å²) >= 11 is 15.8. The molecule has 44 heavy (non-hydrogen) atoms. The van der Waals surface area contributed by atoms with Gasteiger partial charge in [0.1, 0.15) is 6.61 Å². The zero-order chi connectivity index (χ0) is 30.9. The maximum atomic E-state index is 12.7. The van der Waals surface area contributed by atoms with Gasteiger partial charge in [0.2, 0.25) is 0 Å². The Morgan fingerprint density at radius 2 is 1.75 bits per heavy atom. The molecule has 0 saturated carbocycles. The summed E-state index contributed by atoms with van der Waals surface area (Å²) in [6, 6.07) is 27.4. The zero-order valence-electron chi connectivity index (χ0n) is 24.4. The zero-order valence-corrected chi connectivity index (χ0v) is 27.5. The molecule has 6 nitrogen and oxygen atoms in total. The maximum absolute atomic E-state index is 12.7. The molecule has 0 aromatic heterocycles. The summed E-state index contributed by atoms with van der Waals surface area (Å²) in [5, 5.41) is 5.24. The molecule has 5 rings (SSSR count). The molecule has 0 unspecified atom stereocenters. The van der Waals surface area contributed by atoms with E-state index >= 15 is 0 Å². The first-order valence-electron chi connectivity index (χ1n) is 14.5. The quantitative estimate of drug-likeness (QED) is 0.126. The number of carbonyl (C=O) groups is 1. The predicted octanol–water partition coefficient (Wildman–Crippen LogP) is 8.56. The summed E-state index contributed by atoms with van der Waals surface area (Å²) < 4.78 is 12.2. The smallest absolute Gasteiger partial charge is 0.271 e. The van der Waals surface area contributed by atoms with Crippen molar-refractivity contribution >= 4 is 51.3 Å². The highest BCUT2D eigenvalue weighted by Gasteiger charge is 2.20. The molecule has 0 atom stereocenters. The Bertz CT molecular complexity index is 1590. The van der Waals surface area contributed by atoms with Crippen LogP contribution in [0, 0.1) is 5.92 Å². The van der Waals surface area contributed by atoms with Crippen LogP contribution in [0.25, 0.3) is 0 Å². The number of amides is 1. The molecule has 1 aliphatic heterocycles. The van der Waals surface area contributed by atoms with E-state index in [9.17, 15) is 4.79 Å². The normalized spacial score (nSPS) is 14.1. The number of rotatable bonds is 11. The van der Waals surface area contributed by atoms with Gasteiger partial charge in [0.25, 0.3) is 5.91 Å². The van der Waals surface area contributed by atoms with E-state index in [2.05, 4.69) is 61.7 Å². The fourth-order valence-corrected chi connectivity index (χ4v) is 6.33. The number of hydrazone groups is 1. The van der Waals surface area contributed by atoms with Crippen molar-refractivity contribution in [2.24, 2.45) is 11.0 Å². The van der Waals surface area contributed by atoms with E-state index in [1.165, 1.54) is 24.0 Å². The van der Waals surface area contributed by atoms with Crippen molar-refractivity contribution in [3.05, 3.63) is 127 Å². The lowest BCUT2D eigenvalue weighted by Gasteiger charge is -2.32. The second kappa shape index (κ2) is 15.6. The average Bonchev–Trinajstić information content (AvgIpc) is 3.03. The van der Waals surface area contributed by atoms with Crippen molar-refractivity contribution in [2.45, 2.75) is 32.4 Å². The summed E-state index contributed by atoms with van der Waals surface area (Å²) in [6.07, 6.45) is 5.14. The average molecular weight is 695 g/mol. The SMILES string of the molecule is COc1cc(/C=N\NC(=O)c2ccc(CN3CCC(Cc4ccccc4)CC3)cc2)cc(Br)c1OCc1ccc(Cl)cc1Cl. The van der Waals surface area contributed by atoms with E-state index in [-0.39, 0.29) is 12.5 Å². The molecule has 0 aliphatic carbocycles. The van der Waals surface area contributed by atoms with Gasteiger partial charge in [-0.15, -0.1) is 0 Å². The molecule has 1 aliphatic rings. The summed E-state index contributed by atoms with van der Waals surface area (Å²) in [6.45, 7) is 3.32. The van der Waals surface area contributed by atoms with E-state index in [0.717, 1.165) is 37.5 Å². The van der Waals surface area contributed by atoms with Gasteiger partial charge in [-0.1, -0.05) is 71.7 Å². The van der Waals surface area contributed by atoms with Crippen LogP contribution in [0.2, 0.25) is 10.0 Å².